The summed E-state index contributed by atoms with van der Waals surface area (Å²) in [6.45, 7) is 6.24. The Morgan fingerprint density at radius 2 is 1.95 bits per heavy atom. The third-order valence-corrected chi connectivity index (χ3v) is 2.84. The van der Waals surface area contributed by atoms with Crippen molar-refractivity contribution < 1.29 is 4.52 Å². The highest BCUT2D eigenvalue weighted by Gasteiger charge is 2.10. The second kappa shape index (κ2) is 7.33. The van der Waals surface area contributed by atoms with Gasteiger partial charge in [-0.15, -0.1) is 0 Å². The monoisotopic (exact) mass is 293 g/mol. The van der Waals surface area contributed by atoms with Crippen molar-refractivity contribution in [3.05, 3.63) is 12.2 Å². The number of hydrogen-bond acceptors (Lipinski definition) is 10. The summed E-state index contributed by atoms with van der Waals surface area (Å²) in [5, 5.41) is 6.83. The van der Waals surface area contributed by atoms with Gasteiger partial charge in [0.15, 0.2) is 5.82 Å². The van der Waals surface area contributed by atoms with Crippen molar-refractivity contribution in [3.8, 4) is 0 Å². The van der Waals surface area contributed by atoms with Crippen LogP contribution in [0.4, 0.5) is 17.8 Å². The Hall–Kier alpha value is -2.49. The van der Waals surface area contributed by atoms with E-state index < -0.39 is 0 Å². The van der Waals surface area contributed by atoms with Crippen LogP contribution in [0.1, 0.15) is 19.7 Å². The van der Waals surface area contributed by atoms with Gasteiger partial charge in [0.2, 0.25) is 24.2 Å². The molecule has 0 saturated heterocycles. The van der Waals surface area contributed by atoms with Crippen LogP contribution in [0.25, 0.3) is 0 Å². The second-order valence-electron chi connectivity index (χ2n) is 4.12. The molecule has 0 aliphatic carbocycles. The first-order valence-electron chi connectivity index (χ1n) is 6.73. The van der Waals surface area contributed by atoms with Gasteiger partial charge in [0.05, 0.1) is 0 Å². The van der Waals surface area contributed by atoms with Crippen molar-refractivity contribution in [2.75, 3.05) is 35.3 Å². The maximum absolute atomic E-state index is 5.40. The van der Waals surface area contributed by atoms with Crippen LogP contribution in [0.5, 0.6) is 0 Å². The normalized spacial score (nSPS) is 10.4. The minimum atomic E-state index is 0.314. The lowest BCUT2D eigenvalue weighted by Gasteiger charge is -2.19. The molecule has 0 amide bonds. The molecule has 10 heteroatoms. The van der Waals surface area contributed by atoms with Gasteiger partial charge in [-0.05, 0) is 13.8 Å². The molecule has 2 aromatic rings. The van der Waals surface area contributed by atoms with E-state index in [9.17, 15) is 0 Å². The number of hydrogen-bond donors (Lipinski definition) is 3. The second-order valence-corrected chi connectivity index (χ2v) is 4.12. The molecular formula is C11H19N9O. The first kappa shape index (κ1) is 14.9. The van der Waals surface area contributed by atoms with Crippen LogP contribution in [0.2, 0.25) is 0 Å². The molecule has 114 valence electrons. The Bertz CT molecular complexity index is 541. The first-order valence-corrected chi connectivity index (χ1v) is 6.73. The fourth-order valence-electron chi connectivity index (χ4n) is 1.74. The van der Waals surface area contributed by atoms with Crippen LogP contribution < -0.4 is 21.5 Å². The number of nitrogens with one attached hydrogen (secondary N) is 2. The van der Waals surface area contributed by atoms with Gasteiger partial charge in [0.25, 0.3) is 0 Å². The highest BCUT2D eigenvalue weighted by molar-refractivity contribution is 5.43. The summed E-state index contributed by atoms with van der Waals surface area (Å²) in [5.41, 5.74) is 2.45. The summed E-state index contributed by atoms with van der Waals surface area (Å²) >= 11 is 0. The quantitative estimate of drug-likeness (QED) is 0.452. The van der Waals surface area contributed by atoms with E-state index in [0.717, 1.165) is 13.1 Å². The maximum atomic E-state index is 5.40. The predicted octanol–water partition coefficient (Wildman–Crippen LogP) is 0.0410. The minimum absolute atomic E-state index is 0.314. The molecule has 0 saturated carbocycles. The molecule has 0 radical (unpaired) electrons. The van der Waals surface area contributed by atoms with Crippen LogP contribution in [-0.2, 0) is 6.42 Å². The molecule has 0 aromatic carbocycles. The molecular weight excluding hydrogens is 274 g/mol. The maximum Gasteiger partial charge on any atom is 0.243 e. The van der Waals surface area contributed by atoms with E-state index in [1.54, 1.807) is 0 Å². The summed E-state index contributed by atoms with van der Waals surface area (Å²) in [4.78, 5) is 18.7. The van der Waals surface area contributed by atoms with Crippen molar-refractivity contribution in [1.29, 1.82) is 0 Å². The summed E-state index contributed by atoms with van der Waals surface area (Å²) in [7, 11) is 0. The van der Waals surface area contributed by atoms with Gasteiger partial charge in [0, 0.05) is 26.1 Å². The van der Waals surface area contributed by atoms with Crippen molar-refractivity contribution in [1.82, 2.24) is 25.1 Å². The summed E-state index contributed by atoms with van der Waals surface area (Å²) in [6, 6.07) is 0. The van der Waals surface area contributed by atoms with Crippen LogP contribution >= 0.6 is 0 Å². The molecule has 2 heterocycles. The Kier molecular flexibility index (Phi) is 5.21. The zero-order valence-electron chi connectivity index (χ0n) is 12.1. The Balaban J connectivity index is 2.05. The largest absolute Gasteiger partial charge is 0.354 e. The van der Waals surface area contributed by atoms with Crippen LogP contribution in [0.15, 0.2) is 10.9 Å². The van der Waals surface area contributed by atoms with Crippen LogP contribution in [0.3, 0.4) is 0 Å². The molecule has 0 bridgehead atoms. The number of hydrazine groups is 1. The molecule has 0 spiro atoms. The Labute approximate surface area is 122 Å². The van der Waals surface area contributed by atoms with Gasteiger partial charge in [0.1, 0.15) is 0 Å². The first-order chi connectivity index (χ1) is 10.3. The molecule has 2 aromatic heterocycles. The molecule has 0 aliphatic heterocycles. The van der Waals surface area contributed by atoms with E-state index in [-0.39, 0.29) is 0 Å². The molecule has 0 fully saturated rings. The fourth-order valence-corrected chi connectivity index (χ4v) is 1.74. The molecule has 10 nitrogen and oxygen atoms in total. The van der Waals surface area contributed by atoms with Gasteiger partial charge >= 0.3 is 0 Å². The molecule has 21 heavy (non-hydrogen) atoms. The number of anilines is 3. The topological polar surface area (TPSA) is 131 Å². The lowest BCUT2D eigenvalue weighted by atomic mass is 10.4. The van der Waals surface area contributed by atoms with E-state index in [1.807, 2.05) is 18.7 Å². The Morgan fingerprint density at radius 1 is 1.19 bits per heavy atom. The number of aromatic nitrogens is 5. The number of nitrogen functional groups attached to an aromatic ring is 1. The van der Waals surface area contributed by atoms with E-state index in [0.29, 0.717) is 36.6 Å². The predicted molar refractivity (Wildman–Crippen MR) is 77.7 cm³/mol. The fraction of sp³-hybridized carbons (Fsp3) is 0.545. The average Bonchev–Trinajstić information content (AvgIpc) is 3.01. The standard InChI is InChI=1S/C11H19N9O/c1-3-20(4-2)11-16-9(15-10(17-11)18-12)13-6-5-8-14-7-21-19-8/h7H,3-6,12H2,1-2H3,(H2,13,15,16,17,18). The van der Waals surface area contributed by atoms with Crippen molar-refractivity contribution in [3.63, 3.8) is 0 Å². The van der Waals surface area contributed by atoms with Gasteiger partial charge in [-0.1, -0.05) is 5.16 Å². The lowest BCUT2D eigenvalue weighted by molar-refractivity contribution is 0.410. The van der Waals surface area contributed by atoms with Gasteiger partial charge in [-0.25, -0.2) is 5.84 Å². The summed E-state index contributed by atoms with van der Waals surface area (Å²) in [6.07, 6.45) is 1.90. The van der Waals surface area contributed by atoms with Crippen LogP contribution in [-0.4, -0.2) is 44.7 Å². The summed E-state index contributed by atoms with van der Waals surface area (Å²) < 4.78 is 4.67. The molecule has 4 N–H and O–H groups in total. The molecule has 2 rings (SSSR count). The highest BCUT2D eigenvalue weighted by atomic mass is 16.5. The third kappa shape index (κ3) is 3.99. The summed E-state index contributed by atoms with van der Waals surface area (Å²) in [5.74, 6) is 7.35. The molecule has 0 aliphatic rings. The van der Waals surface area contributed by atoms with Gasteiger partial charge < -0.3 is 14.7 Å². The highest BCUT2D eigenvalue weighted by Crippen LogP contribution is 2.12. The molecule has 0 atom stereocenters. The smallest absolute Gasteiger partial charge is 0.243 e. The minimum Gasteiger partial charge on any atom is -0.354 e. The van der Waals surface area contributed by atoms with Gasteiger partial charge in [-0.3, -0.25) is 5.43 Å². The zero-order chi connectivity index (χ0) is 15.1. The van der Waals surface area contributed by atoms with Crippen molar-refractivity contribution >= 4 is 17.8 Å². The van der Waals surface area contributed by atoms with Crippen molar-refractivity contribution in [2.24, 2.45) is 5.84 Å². The average molecular weight is 293 g/mol. The Morgan fingerprint density at radius 3 is 2.57 bits per heavy atom. The van der Waals surface area contributed by atoms with Crippen LogP contribution in [0, 0.1) is 0 Å². The molecule has 0 unspecified atom stereocenters. The van der Waals surface area contributed by atoms with E-state index >= 15 is 0 Å². The van der Waals surface area contributed by atoms with Crippen molar-refractivity contribution in [2.45, 2.75) is 20.3 Å². The zero-order valence-corrected chi connectivity index (χ0v) is 12.1. The number of rotatable bonds is 8. The van der Waals surface area contributed by atoms with Gasteiger partial charge in [-0.2, -0.15) is 19.9 Å². The van der Waals surface area contributed by atoms with E-state index in [1.165, 1.54) is 6.39 Å². The third-order valence-electron chi connectivity index (χ3n) is 2.84. The van der Waals surface area contributed by atoms with E-state index in [4.69, 9.17) is 5.84 Å². The SMILES string of the molecule is CCN(CC)c1nc(NN)nc(NCCc2ncon2)n1. The number of nitrogens with zero attached hydrogens (tertiary/aromatic N) is 6. The lowest BCUT2D eigenvalue weighted by Crippen LogP contribution is -2.26. The van der Waals surface area contributed by atoms with E-state index in [2.05, 4.69) is 40.4 Å². The number of nitrogens with two attached hydrogens (primary N) is 1.